The normalized spacial score (nSPS) is 11.9. The van der Waals surface area contributed by atoms with E-state index in [2.05, 4.69) is 22.5 Å². The maximum Gasteiger partial charge on any atom is 0.324 e. The molecule has 14 heavy (non-hydrogen) atoms. The highest BCUT2D eigenvalue weighted by Crippen LogP contribution is 2.14. The van der Waals surface area contributed by atoms with Crippen LogP contribution < -0.4 is 4.74 Å². The summed E-state index contributed by atoms with van der Waals surface area (Å²) < 4.78 is 5.06. The smallest absolute Gasteiger partial charge is 0.324 e. The molecule has 0 aromatic heterocycles. The Morgan fingerprint density at radius 1 is 1.50 bits per heavy atom. The molecule has 0 aliphatic heterocycles. The third-order valence-corrected chi connectivity index (χ3v) is 2.03. The lowest BCUT2D eigenvalue weighted by Gasteiger charge is -2.05. The Morgan fingerprint density at radius 3 is 2.50 bits per heavy atom. The van der Waals surface area contributed by atoms with E-state index in [9.17, 15) is 4.79 Å². The predicted octanol–water partition coefficient (Wildman–Crippen LogP) is 3.02. The van der Waals surface area contributed by atoms with Crippen LogP contribution in [-0.4, -0.2) is 10.8 Å². The van der Waals surface area contributed by atoms with Gasteiger partial charge >= 0.3 is 5.97 Å². The molecule has 1 unspecified atom stereocenters. The Labute approximate surface area is 91.7 Å². The van der Waals surface area contributed by atoms with Gasteiger partial charge in [-0.15, -0.1) is 0 Å². The lowest BCUT2D eigenvalue weighted by atomic mass is 10.2. The molecule has 74 valence electrons. The molecule has 0 spiro atoms. The second-order valence-electron chi connectivity index (χ2n) is 2.81. The molecule has 0 aliphatic carbocycles. The average Bonchev–Trinajstić information content (AvgIpc) is 2.19. The maximum absolute atomic E-state index is 11.2. The summed E-state index contributed by atoms with van der Waals surface area (Å²) >= 11 is 3.13. The largest absolute Gasteiger partial charge is 0.426 e. The number of ether oxygens (including phenoxy) is 1. The van der Waals surface area contributed by atoms with Crippen molar-refractivity contribution in [3.63, 3.8) is 0 Å². The SMILES string of the molecule is C=Cc1ccc(OC(=O)C(C)Br)cc1. The molecule has 0 fully saturated rings. The first-order valence-corrected chi connectivity index (χ1v) is 5.13. The van der Waals surface area contributed by atoms with Gasteiger partial charge in [0.05, 0.1) is 0 Å². The second-order valence-corrected chi connectivity index (χ2v) is 4.18. The number of benzene rings is 1. The first kappa shape index (κ1) is 11.0. The van der Waals surface area contributed by atoms with Crippen molar-refractivity contribution in [1.82, 2.24) is 0 Å². The molecule has 0 saturated heterocycles. The zero-order valence-electron chi connectivity index (χ0n) is 7.87. The van der Waals surface area contributed by atoms with E-state index in [-0.39, 0.29) is 10.8 Å². The molecule has 0 saturated carbocycles. The van der Waals surface area contributed by atoms with Crippen molar-refractivity contribution in [2.75, 3.05) is 0 Å². The lowest BCUT2D eigenvalue weighted by Crippen LogP contribution is -2.16. The zero-order chi connectivity index (χ0) is 10.6. The van der Waals surface area contributed by atoms with Gasteiger partial charge in [0.25, 0.3) is 0 Å². The quantitative estimate of drug-likeness (QED) is 0.471. The fourth-order valence-electron chi connectivity index (χ4n) is 0.869. The molecule has 3 heteroatoms. The second kappa shape index (κ2) is 4.96. The van der Waals surface area contributed by atoms with Crippen LogP contribution in [-0.2, 0) is 4.79 Å². The summed E-state index contributed by atoms with van der Waals surface area (Å²) in [6, 6.07) is 7.16. The molecule has 0 N–H and O–H groups in total. The van der Waals surface area contributed by atoms with Crippen molar-refractivity contribution in [1.29, 1.82) is 0 Å². The van der Waals surface area contributed by atoms with E-state index in [1.807, 2.05) is 12.1 Å². The van der Waals surface area contributed by atoms with Crippen LogP contribution in [0.3, 0.4) is 0 Å². The number of alkyl halides is 1. The van der Waals surface area contributed by atoms with Crippen LogP contribution in [0.25, 0.3) is 6.08 Å². The van der Waals surface area contributed by atoms with Crippen molar-refractivity contribution in [2.24, 2.45) is 0 Å². The minimum absolute atomic E-state index is 0.290. The molecule has 0 radical (unpaired) electrons. The van der Waals surface area contributed by atoms with Crippen molar-refractivity contribution in [3.8, 4) is 5.75 Å². The number of carbonyl (C=O) groups excluding carboxylic acids is 1. The van der Waals surface area contributed by atoms with Gasteiger partial charge in [0.1, 0.15) is 10.6 Å². The molecular formula is C11H11BrO2. The Morgan fingerprint density at radius 2 is 2.07 bits per heavy atom. The predicted molar refractivity (Wildman–Crippen MR) is 60.6 cm³/mol. The number of hydrogen-bond donors (Lipinski definition) is 0. The molecule has 0 aliphatic rings. The van der Waals surface area contributed by atoms with E-state index in [1.54, 1.807) is 25.1 Å². The Hall–Kier alpha value is -1.09. The van der Waals surface area contributed by atoms with Gasteiger partial charge in [-0.05, 0) is 24.6 Å². The number of rotatable bonds is 3. The average molecular weight is 255 g/mol. The summed E-state index contributed by atoms with van der Waals surface area (Å²) in [5.74, 6) is 0.253. The monoisotopic (exact) mass is 254 g/mol. The van der Waals surface area contributed by atoms with Gasteiger partial charge in [0.15, 0.2) is 0 Å². The van der Waals surface area contributed by atoms with E-state index in [0.717, 1.165) is 5.56 Å². The first-order valence-electron chi connectivity index (χ1n) is 4.21. The molecule has 2 nitrogen and oxygen atoms in total. The van der Waals surface area contributed by atoms with Gasteiger partial charge in [0.2, 0.25) is 0 Å². The van der Waals surface area contributed by atoms with E-state index in [0.29, 0.717) is 5.75 Å². The van der Waals surface area contributed by atoms with Crippen LogP contribution in [0.15, 0.2) is 30.8 Å². The topological polar surface area (TPSA) is 26.3 Å². The third-order valence-electron chi connectivity index (χ3n) is 1.66. The minimum Gasteiger partial charge on any atom is -0.426 e. The molecule has 1 aromatic carbocycles. The molecule has 1 atom stereocenters. The summed E-state index contributed by atoms with van der Waals surface area (Å²) in [5.41, 5.74) is 0.997. The highest BCUT2D eigenvalue weighted by atomic mass is 79.9. The fraction of sp³-hybridized carbons (Fsp3) is 0.182. The Balaban J connectivity index is 2.69. The van der Waals surface area contributed by atoms with Crippen molar-refractivity contribution >= 4 is 28.0 Å². The maximum atomic E-state index is 11.2. The minimum atomic E-state index is -0.295. The highest BCUT2D eigenvalue weighted by Gasteiger charge is 2.10. The van der Waals surface area contributed by atoms with Crippen LogP contribution in [0.4, 0.5) is 0 Å². The van der Waals surface area contributed by atoms with Crippen LogP contribution >= 0.6 is 15.9 Å². The number of hydrogen-bond acceptors (Lipinski definition) is 2. The number of esters is 1. The standard InChI is InChI=1S/C11H11BrO2/c1-3-9-4-6-10(7-5-9)14-11(13)8(2)12/h3-8H,1H2,2H3. The summed E-state index contributed by atoms with van der Waals surface area (Å²) in [7, 11) is 0. The van der Waals surface area contributed by atoms with Gasteiger partial charge in [-0.25, -0.2) is 0 Å². The Bertz CT molecular complexity index is 328. The van der Waals surface area contributed by atoms with Crippen LogP contribution in [0, 0.1) is 0 Å². The fourth-order valence-corrected chi connectivity index (χ4v) is 0.963. The summed E-state index contributed by atoms with van der Waals surface area (Å²) in [5, 5.41) is 0. The molecule has 1 aromatic rings. The zero-order valence-corrected chi connectivity index (χ0v) is 9.45. The summed E-state index contributed by atoms with van der Waals surface area (Å²) in [4.78, 5) is 10.9. The first-order chi connectivity index (χ1) is 6.63. The molecular weight excluding hydrogens is 244 g/mol. The van der Waals surface area contributed by atoms with Crippen LogP contribution in [0.5, 0.6) is 5.75 Å². The Kier molecular flexibility index (Phi) is 3.89. The number of halogens is 1. The summed E-state index contributed by atoms with van der Waals surface area (Å²) in [6.45, 7) is 5.36. The highest BCUT2D eigenvalue weighted by molar-refractivity contribution is 9.10. The van der Waals surface area contributed by atoms with Crippen LogP contribution in [0.1, 0.15) is 12.5 Å². The van der Waals surface area contributed by atoms with Gasteiger partial charge in [-0.3, -0.25) is 4.79 Å². The molecule has 1 rings (SSSR count). The van der Waals surface area contributed by atoms with Gasteiger partial charge in [0, 0.05) is 0 Å². The van der Waals surface area contributed by atoms with Crippen molar-refractivity contribution in [2.45, 2.75) is 11.8 Å². The summed E-state index contributed by atoms with van der Waals surface area (Å²) in [6.07, 6.45) is 1.73. The third kappa shape index (κ3) is 3.00. The van der Waals surface area contributed by atoms with Crippen molar-refractivity contribution in [3.05, 3.63) is 36.4 Å². The van der Waals surface area contributed by atoms with E-state index >= 15 is 0 Å². The number of carbonyl (C=O) groups is 1. The molecule has 0 amide bonds. The molecule has 0 bridgehead atoms. The van der Waals surface area contributed by atoms with Gasteiger partial charge in [-0.2, -0.15) is 0 Å². The van der Waals surface area contributed by atoms with Gasteiger partial charge < -0.3 is 4.74 Å². The lowest BCUT2D eigenvalue weighted by molar-refractivity contribution is -0.133. The van der Waals surface area contributed by atoms with E-state index in [4.69, 9.17) is 4.74 Å². The van der Waals surface area contributed by atoms with Gasteiger partial charge in [-0.1, -0.05) is 40.7 Å². The molecule has 0 heterocycles. The van der Waals surface area contributed by atoms with Crippen molar-refractivity contribution < 1.29 is 9.53 Å². The van der Waals surface area contributed by atoms with E-state index < -0.39 is 0 Å². The van der Waals surface area contributed by atoms with E-state index in [1.165, 1.54) is 0 Å². The van der Waals surface area contributed by atoms with Crippen LogP contribution in [0.2, 0.25) is 0 Å².